The fourth-order valence-electron chi connectivity index (χ4n) is 0.734. The molecule has 0 aromatic rings. The number of ether oxygens (including phenoxy) is 1. The van der Waals surface area contributed by atoms with E-state index in [0.29, 0.717) is 0 Å². The molecule has 0 saturated heterocycles. The lowest BCUT2D eigenvalue weighted by molar-refractivity contribution is -0.165. The maximum atomic E-state index is 12.4. The second-order valence-electron chi connectivity index (χ2n) is 2.96. The summed E-state index contributed by atoms with van der Waals surface area (Å²) in [4.78, 5) is 10.7. The first kappa shape index (κ1) is 16.0. The molecule has 0 heterocycles. The maximum Gasteiger partial charge on any atom is 0.330 e. The summed E-state index contributed by atoms with van der Waals surface area (Å²) in [6.45, 7) is -0.357. The minimum Gasteiger partial charge on any atom is -0.374 e. The van der Waals surface area contributed by atoms with E-state index >= 15 is 0 Å². The molecule has 2 nitrogen and oxygen atoms in total. The number of halogens is 5. The smallest absolute Gasteiger partial charge is 0.330 e. The van der Waals surface area contributed by atoms with Crippen LogP contribution >= 0.6 is 23.4 Å². The highest BCUT2D eigenvalue weighted by Crippen LogP contribution is 2.23. The zero-order chi connectivity index (χ0) is 12.8. The zero-order valence-electron chi connectivity index (χ0n) is 8.39. The number of carbonyl (C=O) groups excluding carboxylic acids is 1. The standard InChI is InChI=1S/C8H11ClF4O2S/c1-5(14)16-6(2-9)3-15-4-8(12,13)7(10)11/h6-7H,2-4H2,1H3. The Morgan fingerprint density at radius 3 is 2.44 bits per heavy atom. The summed E-state index contributed by atoms with van der Waals surface area (Å²) in [5, 5.41) is -0.748. The molecule has 0 amide bonds. The Morgan fingerprint density at radius 1 is 1.50 bits per heavy atom. The Kier molecular flexibility index (Phi) is 7.34. The highest BCUT2D eigenvalue weighted by Gasteiger charge is 2.41. The van der Waals surface area contributed by atoms with Crippen molar-refractivity contribution in [1.82, 2.24) is 0 Å². The zero-order valence-corrected chi connectivity index (χ0v) is 9.96. The van der Waals surface area contributed by atoms with Crippen molar-refractivity contribution < 1.29 is 27.1 Å². The minimum absolute atomic E-state index is 0.0183. The third kappa shape index (κ3) is 6.55. The van der Waals surface area contributed by atoms with Gasteiger partial charge in [-0.1, -0.05) is 11.8 Å². The van der Waals surface area contributed by atoms with Crippen LogP contribution in [0.4, 0.5) is 17.6 Å². The summed E-state index contributed by atoms with van der Waals surface area (Å²) in [7, 11) is 0. The normalized spacial score (nSPS) is 14.2. The van der Waals surface area contributed by atoms with Crippen LogP contribution < -0.4 is 0 Å². The lowest BCUT2D eigenvalue weighted by Crippen LogP contribution is -2.33. The molecule has 16 heavy (non-hydrogen) atoms. The predicted octanol–water partition coefficient (Wildman–Crippen LogP) is 2.79. The second-order valence-corrected chi connectivity index (χ2v) is 4.75. The molecular formula is C8H11ClF4O2S. The number of hydrogen-bond acceptors (Lipinski definition) is 3. The molecule has 8 heteroatoms. The molecule has 0 saturated carbocycles. The van der Waals surface area contributed by atoms with E-state index in [1.165, 1.54) is 6.92 Å². The molecule has 1 atom stereocenters. The Balaban J connectivity index is 3.91. The molecule has 0 rings (SSSR count). The van der Waals surface area contributed by atoms with E-state index in [1.54, 1.807) is 0 Å². The second kappa shape index (κ2) is 7.34. The van der Waals surface area contributed by atoms with Gasteiger partial charge in [-0.15, -0.1) is 11.6 Å². The fourth-order valence-corrected chi connectivity index (χ4v) is 1.71. The Morgan fingerprint density at radius 2 is 2.06 bits per heavy atom. The molecule has 0 aliphatic heterocycles. The first-order valence-corrected chi connectivity index (χ1v) is 5.68. The molecule has 96 valence electrons. The van der Waals surface area contributed by atoms with Gasteiger partial charge >= 0.3 is 12.3 Å². The Bertz CT molecular complexity index is 228. The first-order chi connectivity index (χ1) is 7.29. The van der Waals surface area contributed by atoms with Gasteiger partial charge in [0.25, 0.3) is 0 Å². The fraction of sp³-hybridized carbons (Fsp3) is 0.875. The van der Waals surface area contributed by atoms with E-state index in [1.807, 2.05) is 0 Å². The van der Waals surface area contributed by atoms with E-state index in [2.05, 4.69) is 4.74 Å². The molecule has 0 aromatic carbocycles. The molecular weight excluding hydrogens is 272 g/mol. The largest absolute Gasteiger partial charge is 0.374 e. The topological polar surface area (TPSA) is 26.3 Å². The molecule has 1 unspecified atom stereocenters. The van der Waals surface area contributed by atoms with E-state index in [9.17, 15) is 22.4 Å². The highest BCUT2D eigenvalue weighted by atomic mass is 35.5. The van der Waals surface area contributed by atoms with Crippen LogP contribution in [0.15, 0.2) is 0 Å². The average Bonchev–Trinajstić information content (AvgIpc) is 2.15. The molecule has 0 aromatic heterocycles. The first-order valence-electron chi connectivity index (χ1n) is 4.26. The van der Waals surface area contributed by atoms with E-state index in [-0.39, 0.29) is 17.6 Å². The van der Waals surface area contributed by atoms with Crippen LogP contribution in [0.2, 0.25) is 0 Å². The SMILES string of the molecule is CC(=O)SC(CCl)COCC(F)(F)C(F)F. The number of rotatable bonds is 7. The van der Waals surface area contributed by atoms with Crippen molar-refractivity contribution in [2.45, 2.75) is 24.5 Å². The van der Waals surface area contributed by atoms with Gasteiger partial charge in [0.15, 0.2) is 5.12 Å². The van der Waals surface area contributed by atoms with E-state index < -0.39 is 24.2 Å². The number of carbonyl (C=O) groups is 1. The number of hydrogen-bond donors (Lipinski definition) is 0. The maximum absolute atomic E-state index is 12.4. The molecule has 0 aliphatic rings. The van der Waals surface area contributed by atoms with Gasteiger partial charge in [-0.3, -0.25) is 4.79 Å². The predicted molar refractivity (Wildman–Crippen MR) is 54.6 cm³/mol. The monoisotopic (exact) mass is 282 g/mol. The molecule has 0 fully saturated rings. The van der Waals surface area contributed by atoms with Gasteiger partial charge in [0, 0.05) is 18.1 Å². The van der Waals surface area contributed by atoms with Crippen LogP contribution in [0.25, 0.3) is 0 Å². The van der Waals surface area contributed by atoms with Gasteiger partial charge in [-0.25, -0.2) is 8.78 Å². The minimum atomic E-state index is -4.17. The summed E-state index contributed by atoms with van der Waals surface area (Å²) in [6.07, 6.45) is -3.76. The van der Waals surface area contributed by atoms with Crippen LogP contribution in [0, 0.1) is 0 Å². The summed E-state index contributed by atoms with van der Waals surface area (Å²) < 4.78 is 52.6. The van der Waals surface area contributed by atoms with Gasteiger partial charge in [0.05, 0.1) is 6.61 Å². The van der Waals surface area contributed by atoms with Crippen molar-refractivity contribution in [2.75, 3.05) is 19.1 Å². The summed E-state index contributed by atoms with van der Waals surface area (Å²) in [6, 6.07) is 0. The number of alkyl halides is 5. The Hall–Kier alpha value is -0.0100. The van der Waals surface area contributed by atoms with Crippen molar-refractivity contribution in [3.05, 3.63) is 0 Å². The van der Waals surface area contributed by atoms with Crippen LogP contribution in [0.5, 0.6) is 0 Å². The van der Waals surface area contributed by atoms with Gasteiger partial charge < -0.3 is 4.74 Å². The van der Waals surface area contributed by atoms with Crippen molar-refractivity contribution in [3.8, 4) is 0 Å². The van der Waals surface area contributed by atoms with Crippen molar-refractivity contribution in [1.29, 1.82) is 0 Å². The van der Waals surface area contributed by atoms with Crippen LogP contribution in [-0.4, -0.2) is 41.8 Å². The molecule has 0 spiro atoms. The van der Waals surface area contributed by atoms with Gasteiger partial charge in [0.2, 0.25) is 0 Å². The molecule has 0 N–H and O–H groups in total. The van der Waals surface area contributed by atoms with E-state index in [0.717, 1.165) is 11.8 Å². The van der Waals surface area contributed by atoms with Gasteiger partial charge in [-0.2, -0.15) is 8.78 Å². The lowest BCUT2D eigenvalue weighted by Gasteiger charge is -2.17. The van der Waals surface area contributed by atoms with Crippen LogP contribution in [0.3, 0.4) is 0 Å². The van der Waals surface area contributed by atoms with E-state index in [4.69, 9.17) is 11.6 Å². The molecule has 0 radical (unpaired) electrons. The highest BCUT2D eigenvalue weighted by molar-refractivity contribution is 8.14. The summed E-state index contributed by atoms with van der Waals surface area (Å²) in [5.74, 6) is -4.15. The summed E-state index contributed by atoms with van der Waals surface area (Å²) in [5.41, 5.74) is 0. The average molecular weight is 283 g/mol. The van der Waals surface area contributed by atoms with Crippen LogP contribution in [-0.2, 0) is 9.53 Å². The van der Waals surface area contributed by atoms with Gasteiger partial charge in [-0.05, 0) is 0 Å². The van der Waals surface area contributed by atoms with Crippen molar-refractivity contribution in [3.63, 3.8) is 0 Å². The lowest BCUT2D eigenvalue weighted by atomic mass is 10.4. The van der Waals surface area contributed by atoms with Crippen molar-refractivity contribution in [2.24, 2.45) is 0 Å². The van der Waals surface area contributed by atoms with Crippen LogP contribution in [0.1, 0.15) is 6.92 Å². The molecule has 0 bridgehead atoms. The number of thioether (sulfide) groups is 1. The quantitative estimate of drug-likeness (QED) is 0.530. The van der Waals surface area contributed by atoms with Crippen molar-refractivity contribution >= 4 is 28.5 Å². The molecule has 0 aliphatic carbocycles. The Labute approximate surface area is 99.7 Å². The third-order valence-corrected chi connectivity index (χ3v) is 2.95. The summed E-state index contributed by atoms with van der Waals surface area (Å²) >= 11 is 6.27. The third-order valence-electron chi connectivity index (χ3n) is 1.42. The van der Waals surface area contributed by atoms with Gasteiger partial charge in [0.1, 0.15) is 6.61 Å².